The normalized spacial score (nSPS) is 10.2. The molecule has 4 N–H and O–H groups in total. The van der Waals surface area contributed by atoms with E-state index in [0.29, 0.717) is 12.0 Å². The highest BCUT2D eigenvalue weighted by molar-refractivity contribution is 5.19. The lowest BCUT2D eigenvalue weighted by atomic mass is 10.0. The Morgan fingerprint density at radius 3 is 2.00 bits per heavy atom. The Kier molecular flexibility index (Phi) is 5.30. The lowest BCUT2D eigenvalue weighted by molar-refractivity contribution is -0.171. The molecule has 3 heteroatoms. The maximum Gasteiger partial charge on any atom is 0.189 e. The van der Waals surface area contributed by atoms with Crippen LogP contribution in [0, 0.1) is 0 Å². The van der Waals surface area contributed by atoms with Gasteiger partial charge in [0, 0.05) is 12.0 Å². The Bertz CT molecular complexity index is 222. The van der Waals surface area contributed by atoms with Gasteiger partial charge in [-0.1, -0.05) is 37.3 Å². The lowest BCUT2D eigenvalue weighted by Crippen LogP contribution is -2.23. The summed E-state index contributed by atoms with van der Waals surface area (Å²) in [6.45, 7) is 1.73. The predicted molar refractivity (Wildman–Crippen MR) is 53.0 cm³/mol. The number of hydrogen-bond acceptors (Lipinski definition) is 3. The number of hydrogen-bond donors (Lipinski definition) is 3. The maximum atomic E-state index is 9.35. The molecule has 0 fully saturated rings. The van der Waals surface area contributed by atoms with E-state index in [-0.39, 0.29) is 0 Å². The van der Waals surface area contributed by atoms with Gasteiger partial charge in [-0.25, -0.2) is 0 Å². The van der Waals surface area contributed by atoms with Gasteiger partial charge in [0.15, 0.2) is 5.79 Å². The summed E-state index contributed by atoms with van der Waals surface area (Å²) in [6.07, 6.45) is 0.303. The van der Waals surface area contributed by atoms with E-state index in [0.717, 1.165) is 0 Å². The average Bonchev–Trinajstić information content (AvgIpc) is 2.22. The average molecular weight is 183 g/mol. The standard InChI is InChI=1S/C9H12O2.CH5N/c1-2-9(10,11)8-6-4-3-5-7-8;1-2/h3-7,10-11H,2H2,1H3;2H2,1H3. The fraction of sp³-hybridized carbons (Fsp3) is 0.400. The summed E-state index contributed by atoms with van der Waals surface area (Å²) in [7, 11) is 1.50. The molecule has 0 spiro atoms. The van der Waals surface area contributed by atoms with Crippen LogP contribution in [0.5, 0.6) is 0 Å². The summed E-state index contributed by atoms with van der Waals surface area (Å²) < 4.78 is 0. The van der Waals surface area contributed by atoms with Crippen LogP contribution in [0.3, 0.4) is 0 Å². The van der Waals surface area contributed by atoms with Crippen LogP contribution in [0.4, 0.5) is 0 Å². The van der Waals surface area contributed by atoms with Crippen molar-refractivity contribution in [2.24, 2.45) is 5.73 Å². The number of benzene rings is 1. The van der Waals surface area contributed by atoms with Crippen molar-refractivity contribution >= 4 is 0 Å². The van der Waals surface area contributed by atoms with Gasteiger partial charge in [0.25, 0.3) is 0 Å². The number of nitrogens with two attached hydrogens (primary N) is 1. The number of aliphatic hydroxyl groups is 2. The highest BCUT2D eigenvalue weighted by atomic mass is 16.5. The first kappa shape index (κ1) is 12.1. The number of rotatable bonds is 2. The second-order valence-electron chi connectivity index (χ2n) is 2.54. The second-order valence-corrected chi connectivity index (χ2v) is 2.54. The van der Waals surface area contributed by atoms with Crippen LogP contribution in [0.15, 0.2) is 30.3 Å². The minimum Gasteiger partial charge on any atom is -0.362 e. The molecule has 1 aromatic rings. The van der Waals surface area contributed by atoms with Crippen LogP contribution in [-0.4, -0.2) is 17.3 Å². The van der Waals surface area contributed by atoms with E-state index in [1.807, 2.05) is 6.07 Å². The molecule has 0 saturated carbocycles. The molecular weight excluding hydrogens is 166 g/mol. The van der Waals surface area contributed by atoms with Gasteiger partial charge in [-0.05, 0) is 7.05 Å². The van der Waals surface area contributed by atoms with Crippen molar-refractivity contribution in [2.75, 3.05) is 7.05 Å². The molecule has 0 heterocycles. The molecule has 1 aromatic carbocycles. The zero-order valence-corrected chi connectivity index (χ0v) is 8.07. The van der Waals surface area contributed by atoms with Crippen LogP contribution in [0.1, 0.15) is 18.9 Å². The molecule has 0 radical (unpaired) electrons. The molecular formula is C10H17NO2. The summed E-state index contributed by atoms with van der Waals surface area (Å²) in [6, 6.07) is 8.81. The Morgan fingerprint density at radius 1 is 1.15 bits per heavy atom. The van der Waals surface area contributed by atoms with Crippen LogP contribution in [0.25, 0.3) is 0 Å². The Hall–Kier alpha value is -0.900. The Labute approximate surface area is 78.8 Å². The third-order valence-electron chi connectivity index (χ3n) is 1.73. The minimum atomic E-state index is -1.67. The summed E-state index contributed by atoms with van der Waals surface area (Å²) >= 11 is 0. The Balaban J connectivity index is 0.000000671. The third-order valence-corrected chi connectivity index (χ3v) is 1.73. The molecule has 13 heavy (non-hydrogen) atoms. The summed E-state index contributed by atoms with van der Waals surface area (Å²) in [5.41, 5.74) is 5.04. The second kappa shape index (κ2) is 5.70. The molecule has 0 amide bonds. The highest BCUT2D eigenvalue weighted by Crippen LogP contribution is 2.20. The van der Waals surface area contributed by atoms with Crippen LogP contribution in [0.2, 0.25) is 0 Å². The SMILES string of the molecule is CCC(O)(O)c1ccccc1.CN. The topological polar surface area (TPSA) is 66.5 Å². The van der Waals surface area contributed by atoms with E-state index in [9.17, 15) is 10.2 Å². The molecule has 0 atom stereocenters. The van der Waals surface area contributed by atoms with E-state index in [1.165, 1.54) is 7.05 Å². The van der Waals surface area contributed by atoms with E-state index < -0.39 is 5.79 Å². The molecule has 0 bridgehead atoms. The molecule has 0 unspecified atom stereocenters. The first-order valence-electron chi connectivity index (χ1n) is 4.25. The fourth-order valence-electron chi connectivity index (χ4n) is 0.909. The lowest BCUT2D eigenvalue weighted by Gasteiger charge is -2.19. The van der Waals surface area contributed by atoms with Crippen molar-refractivity contribution in [2.45, 2.75) is 19.1 Å². The summed E-state index contributed by atoms with van der Waals surface area (Å²) in [5, 5.41) is 18.7. The molecule has 0 saturated heterocycles. The van der Waals surface area contributed by atoms with E-state index in [1.54, 1.807) is 31.2 Å². The van der Waals surface area contributed by atoms with E-state index in [4.69, 9.17) is 0 Å². The molecule has 0 aromatic heterocycles. The van der Waals surface area contributed by atoms with Crippen molar-refractivity contribution in [1.82, 2.24) is 0 Å². The summed E-state index contributed by atoms with van der Waals surface area (Å²) in [5.74, 6) is -1.67. The molecule has 0 aliphatic rings. The van der Waals surface area contributed by atoms with Gasteiger partial charge in [-0.2, -0.15) is 0 Å². The van der Waals surface area contributed by atoms with Crippen molar-refractivity contribution in [3.05, 3.63) is 35.9 Å². The van der Waals surface area contributed by atoms with Gasteiger partial charge in [0.1, 0.15) is 0 Å². The van der Waals surface area contributed by atoms with Crippen molar-refractivity contribution in [3.8, 4) is 0 Å². The minimum absolute atomic E-state index is 0.303. The smallest absolute Gasteiger partial charge is 0.189 e. The first-order valence-corrected chi connectivity index (χ1v) is 4.25. The first-order chi connectivity index (χ1) is 6.17. The van der Waals surface area contributed by atoms with Crippen LogP contribution in [-0.2, 0) is 5.79 Å². The fourth-order valence-corrected chi connectivity index (χ4v) is 0.909. The van der Waals surface area contributed by atoms with Crippen molar-refractivity contribution in [1.29, 1.82) is 0 Å². The third kappa shape index (κ3) is 3.55. The molecule has 0 aliphatic heterocycles. The van der Waals surface area contributed by atoms with Gasteiger partial charge in [0.05, 0.1) is 0 Å². The Morgan fingerprint density at radius 2 is 1.62 bits per heavy atom. The monoisotopic (exact) mass is 183 g/mol. The van der Waals surface area contributed by atoms with Gasteiger partial charge < -0.3 is 15.9 Å². The van der Waals surface area contributed by atoms with Gasteiger partial charge in [-0.3, -0.25) is 0 Å². The molecule has 74 valence electrons. The maximum absolute atomic E-state index is 9.35. The largest absolute Gasteiger partial charge is 0.362 e. The van der Waals surface area contributed by atoms with Crippen molar-refractivity contribution in [3.63, 3.8) is 0 Å². The molecule has 1 rings (SSSR count). The molecule has 0 aliphatic carbocycles. The van der Waals surface area contributed by atoms with Crippen molar-refractivity contribution < 1.29 is 10.2 Å². The van der Waals surface area contributed by atoms with Gasteiger partial charge >= 0.3 is 0 Å². The van der Waals surface area contributed by atoms with Gasteiger partial charge in [0.2, 0.25) is 0 Å². The van der Waals surface area contributed by atoms with E-state index in [2.05, 4.69) is 5.73 Å². The summed E-state index contributed by atoms with van der Waals surface area (Å²) in [4.78, 5) is 0. The predicted octanol–water partition coefficient (Wildman–Crippen LogP) is 0.809. The quantitative estimate of drug-likeness (QED) is 0.594. The van der Waals surface area contributed by atoms with E-state index >= 15 is 0 Å². The van der Waals surface area contributed by atoms with Crippen LogP contribution < -0.4 is 5.73 Å². The highest BCUT2D eigenvalue weighted by Gasteiger charge is 2.21. The zero-order valence-electron chi connectivity index (χ0n) is 8.07. The molecule has 3 nitrogen and oxygen atoms in total. The van der Waals surface area contributed by atoms with Crippen LogP contribution >= 0.6 is 0 Å². The van der Waals surface area contributed by atoms with Gasteiger partial charge in [-0.15, -0.1) is 0 Å². The zero-order chi connectivity index (χ0) is 10.3.